The standard InChI is InChI=1S/C21H37N3O2/c1-17(2)7-9-21(26)24-13-5-6-18(16-24)8-10-20(25)23(4)19-11-14-22(3)15-12-19/h7,9,17-19H,5-6,8,10-16H2,1-4H3/b9-7+. The molecule has 2 fully saturated rings. The molecule has 0 spiro atoms. The number of hydrogen-bond acceptors (Lipinski definition) is 3. The van der Waals surface area contributed by atoms with Gasteiger partial charge in [-0.2, -0.15) is 0 Å². The predicted molar refractivity (Wildman–Crippen MR) is 106 cm³/mol. The second-order valence-electron chi connectivity index (χ2n) is 8.47. The van der Waals surface area contributed by atoms with E-state index in [9.17, 15) is 9.59 Å². The normalized spacial score (nSPS) is 23.0. The number of likely N-dealkylation sites (tertiary alicyclic amines) is 2. The lowest BCUT2D eigenvalue weighted by Crippen LogP contribution is -2.44. The minimum absolute atomic E-state index is 0.123. The molecule has 0 N–H and O–H groups in total. The molecular formula is C21H37N3O2. The van der Waals surface area contributed by atoms with Gasteiger partial charge in [-0.05, 0) is 70.2 Å². The lowest BCUT2D eigenvalue weighted by molar-refractivity contribution is -0.133. The Balaban J connectivity index is 1.75. The predicted octanol–water partition coefficient (Wildman–Crippen LogP) is 2.77. The van der Waals surface area contributed by atoms with Crippen LogP contribution in [0, 0.1) is 11.8 Å². The Bertz CT molecular complexity index is 495. The van der Waals surface area contributed by atoms with Crippen molar-refractivity contribution in [1.29, 1.82) is 0 Å². The van der Waals surface area contributed by atoms with Crippen molar-refractivity contribution in [3.63, 3.8) is 0 Å². The van der Waals surface area contributed by atoms with Crippen LogP contribution >= 0.6 is 0 Å². The van der Waals surface area contributed by atoms with Gasteiger partial charge in [-0.3, -0.25) is 9.59 Å². The summed E-state index contributed by atoms with van der Waals surface area (Å²) >= 11 is 0. The van der Waals surface area contributed by atoms with Gasteiger partial charge in [0, 0.05) is 32.6 Å². The molecule has 2 aliphatic rings. The quantitative estimate of drug-likeness (QED) is 0.682. The fourth-order valence-electron chi connectivity index (χ4n) is 3.97. The average Bonchev–Trinajstić information content (AvgIpc) is 2.64. The molecule has 0 radical (unpaired) electrons. The molecule has 0 saturated carbocycles. The average molecular weight is 364 g/mol. The molecule has 2 saturated heterocycles. The first kappa shape index (κ1) is 20.9. The lowest BCUT2D eigenvalue weighted by Gasteiger charge is -2.36. The summed E-state index contributed by atoms with van der Waals surface area (Å²) in [7, 11) is 4.11. The second-order valence-corrected chi connectivity index (χ2v) is 8.47. The van der Waals surface area contributed by atoms with Gasteiger partial charge in [0.2, 0.25) is 11.8 Å². The molecule has 0 aliphatic carbocycles. The number of allylic oxidation sites excluding steroid dienone is 1. The minimum Gasteiger partial charge on any atom is -0.343 e. The summed E-state index contributed by atoms with van der Waals surface area (Å²) < 4.78 is 0. The molecule has 0 aromatic rings. The van der Waals surface area contributed by atoms with Crippen LogP contribution in [0.2, 0.25) is 0 Å². The van der Waals surface area contributed by atoms with E-state index in [0.717, 1.165) is 58.3 Å². The highest BCUT2D eigenvalue weighted by atomic mass is 16.2. The Morgan fingerprint density at radius 2 is 1.85 bits per heavy atom. The van der Waals surface area contributed by atoms with E-state index in [1.165, 1.54) is 0 Å². The third-order valence-corrected chi connectivity index (χ3v) is 5.85. The molecule has 2 rings (SSSR count). The van der Waals surface area contributed by atoms with Gasteiger partial charge in [-0.25, -0.2) is 0 Å². The smallest absolute Gasteiger partial charge is 0.246 e. The Labute approximate surface area is 159 Å². The largest absolute Gasteiger partial charge is 0.343 e. The van der Waals surface area contributed by atoms with Crippen LogP contribution in [0.5, 0.6) is 0 Å². The second kappa shape index (κ2) is 10.1. The summed E-state index contributed by atoms with van der Waals surface area (Å²) in [5.74, 6) is 1.24. The van der Waals surface area contributed by atoms with Crippen molar-refractivity contribution in [1.82, 2.24) is 14.7 Å². The summed E-state index contributed by atoms with van der Waals surface area (Å²) in [5, 5.41) is 0. The summed E-state index contributed by atoms with van der Waals surface area (Å²) in [6.07, 6.45) is 9.51. The number of carbonyl (C=O) groups excluding carboxylic acids is 2. The topological polar surface area (TPSA) is 43.9 Å². The van der Waals surface area contributed by atoms with Gasteiger partial charge in [0.05, 0.1) is 0 Å². The molecule has 1 unspecified atom stereocenters. The van der Waals surface area contributed by atoms with Crippen LogP contribution in [0.15, 0.2) is 12.2 Å². The van der Waals surface area contributed by atoms with E-state index in [4.69, 9.17) is 0 Å². The SMILES string of the molecule is CC(C)/C=C/C(=O)N1CCCC(CCC(=O)N(C)C2CCN(C)CC2)C1. The van der Waals surface area contributed by atoms with Gasteiger partial charge in [-0.15, -0.1) is 0 Å². The van der Waals surface area contributed by atoms with Crippen molar-refractivity contribution in [2.24, 2.45) is 11.8 Å². The molecule has 2 heterocycles. The van der Waals surface area contributed by atoms with E-state index in [2.05, 4.69) is 25.8 Å². The van der Waals surface area contributed by atoms with Crippen LogP contribution in [0.4, 0.5) is 0 Å². The van der Waals surface area contributed by atoms with Crippen molar-refractivity contribution in [2.45, 2.75) is 58.4 Å². The third kappa shape index (κ3) is 6.42. The number of rotatable bonds is 6. The molecule has 5 heteroatoms. The Morgan fingerprint density at radius 3 is 2.50 bits per heavy atom. The van der Waals surface area contributed by atoms with E-state index in [1.54, 1.807) is 6.08 Å². The molecule has 148 valence electrons. The monoisotopic (exact) mass is 363 g/mol. The van der Waals surface area contributed by atoms with Crippen molar-refractivity contribution in [3.05, 3.63) is 12.2 Å². The van der Waals surface area contributed by atoms with Gasteiger partial charge in [0.15, 0.2) is 0 Å². The fraction of sp³-hybridized carbons (Fsp3) is 0.810. The minimum atomic E-state index is 0.123. The lowest BCUT2D eigenvalue weighted by atomic mass is 9.92. The van der Waals surface area contributed by atoms with Crippen LogP contribution in [0.3, 0.4) is 0 Å². The van der Waals surface area contributed by atoms with E-state index in [-0.39, 0.29) is 11.8 Å². The highest BCUT2D eigenvalue weighted by Gasteiger charge is 2.26. The van der Waals surface area contributed by atoms with Crippen molar-refractivity contribution >= 4 is 11.8 Å². The van der Waals surface area contributed by atoms with Crippen LogP contribution < -0.4 is 0 Å². The first-order valence-electron chi connectivity index (χ1n) is 10.3. The van der Waals surface area contributed by atoms with Gasteiger partial charge in [0.1, 0.15) is 0 Å². The van der Waals surface area contributed by atoms with Crippen molar-refractivity contribution < 1.29 is 9.59 Å². The highest BCUT2D eigenvalue weighted by molar-refractivity contribution is 5.87. The van der Waals surface area contributed by atoms with E-state index in [1.807, 2.05) is 22.9 Å². The number of carbonyl (C=O) groups is 2. The van der Waals surface area contributed by atoms with Crippen LogP contribution in [-0.4, -0.2) is 72.8 Å². The number of nitrogens with zero attached hydrogens (tertiary/aromatic N) is 3. The third-order valence-electron chi connectivity index (χ3n) is 5.85. The fourth-order valence-corrected chi connectivity index (χ4v) is 3.97. The summed E-state index contributed by atoms with van der Waals surface area (Å²) in [5.41, 5.74) is 0. The summed E-state index contributed by atoms with van der Waals surface area (Å²) in [6, 6.07) is 0.393. The van der Waals surface area contributed by atoms with Crippen molar-refractivity contribution in [3.8, 4) is 0 Å². The molecule has 0 aromatic heterocycles. The maximum Gasteiger partial charge on any atom is 0.246 e. The van der Waals surface area contributed by atoms with Crippen molar-refractivity contribution in [2.75, 3.05) is 40.3 Å². The van der Waals surface area contributed by atoms with Gasteiger partial charge >= 0.3 is 0 Å². The number of amides is 2. The zero-order valence-corrected chi connectivity index (χ0v) is 17.1. The zero-order valence-electron chi connectivity index (χ0n) is 17.1. The van der Waals surface area contributed by atoms with E-state index in [0.29, 0.717) is 24.3 Å². The molecule has 0 aromatic carbocycles. The maximum absolute atomic E-state index is 12.6. The van der Waals surface area contributed by atoms with Gasteiger partial charge in [-0.1, -0.05) is 19.9 Å². The maximum atomic E-state index is 12.6. The Kier molecular flexibility index (Phi) is 8.14. The molecule has 5 nitrogen and oxygen atoms in total. The van der Waals surface area contributed by atoms with Gasteiger partial charge < -0.3 is 14.7 Å². The van der Waals surface area contributed by atoms with Crippen LogP contribution in [-0.2, 0) is 9.59 Å². The molecule has 2 amide bonds. The molecule has 2 aliphatic heterocycles. The first-order chi connectivity index (χ1) is 12.4. The summed E-state index contributed by atoms with van der Waals surface area (Å²) in [4.78, 5) is 31.1. The van der Waals surface area contributed by atoms with Gasteiger partial charge in [0.25, 0.3) is 0 Å². The Morgan fingerprint density at radius 1 is 1.15 bits per heavy atom. The van der Waals surface area contributed by atoms with E-state index < -0.39 is 0 Å². The van der Waals surface area contributed by atoms with E-state index >= 15 is 0 Å². The highest BCUT2D eigenvalue weighted by Crippen LogP contribution is 2.23. The van der Waals surface area contributed by atoms with Crippen LogP contribution in [0.25, 0.3) is 0 Å². The number of piperidine rings is 2. The first-order valence-corrected chi connectivity index (χ1v) is 10.3. The number of hydrogen-bond donors (Lipinski definition) is 0. The zero-order chi connectivity index (χ0) is 19.1. The molecular weight excluding hydrogens is 326 g/mol. The summed E-state index contributed by atoms with van der Waals surface area (Å²) in [6.45, 7) is 7.95. The van der Waals surface area contributed by atoms with Crippen LogP contribution in [0.1, 0.15) is 52.4 Å². The molecule has 0 bridgehead atoms. The Hall–Kier alpha value is -1.36. The molecule has 1 atom stereocenters. The molecule has 26 heavy (non-hydrogen) atoms.